The Bertz CT molecular complexity index is 626. The Balaban J connectivity index is 2.76. The molecule has 0 fully saturated rings. The van der Waals surface area contributed by atoms with Crippen molar-refractivity contribution in [2.75, 3.05) is 0 Å². The van der Waals surface area contributed by atoms with Crippen molar-refractivity contribution in [3.05, 3.63) is 47.9 Å². The summed E-state index contributed by atoms with van der Waals surface area (Å²) in [4.78, 5) is 37.6. The quantitative estimate of drug-likeness (QED) is 0.514. The van der Waals surface area contributed by atoms with Gasteiger partial charge in [0.1, 0.15) is 11.6 Å². The highest BCUT2D eigenvalue weighted by atomic mass is 32.2. The van der Waals surface area contributed by atoms with Gasteiger partial charge in [0.05, 0.1) is 0 Å². The van der Waals surface area contributed by atoms with E-state index >= 15 is 0 Å². The van der Waals surface area contributed by atoms with E-state index in [0.717, 1.165) is 23.1 Å². The van der Waals surface area contributed by atoms with E-state index in [1.165, 1.54) is 0 Å². The fourth-order valence-electron chi connectivity index (χ4n) is 2.03. The Labute approximate surface area is 159 Å². The normalized spacial score (nSPS) is 14.8. The molecule has 0 saturated heterocycles. The lowest BCUT2D eigenvalue weighted by molar-refractivity contribution is -0.159. The minimum absolute atomic E-state index is 0.131. The summed E-state index contributed by atoms with van der Waals surface area (Å²) in [5, 5.41) is 2.40. The van der Waals surface area contributed by atoms with Crippen LogP contribution >= 0.6 is 11.8 Å². The Morgan fingerprint density at radius 3 is 2.73 bits per heavy atom. The third-order valence-corrected chi connectivity index (χ3v) is 4.06. The van der Waals surface area contributed by atoms with Crippen molar-refractivity contribution >= 4 is 28.8 Å². The number of carbonyl (C=O) groups is 3. The highest BCUT2D eigenvalue weighted by Crippen LogP contribution is 2.23. The van der Waals surface area contributed by atoms with E-state index in [1.54, 1.807) is 26.8 Å². The van der Waals surface area contributed by atoms with Crippen molar-refractivity contribution in [2.24, 2.45) is 0 Å². The van der Waals surface area contributed by atoms with Crippen LogP contribution in [-0.2, 0) is 19.1 Å². The predicted molar refractivity (Wildman–Crippen MR) is 105 cm³/mol. The standard InChI is InChI=1S/C20H27NO4S/c1-5-6-13-17(22)21-16(19(24)25-20(2,3)4)14-18(23)26-15-11-9-7-8-10-12-15/h5,7,9-12,16H,1,6,8,13-14H2,2-4H3,(H,21,22)/t16-/m0/s1. The molecule has 1 aliphatic rings. The molecule has 142 valence electrons. The van der Waals surface area contributed by atoms with Crippen molar-refractivity contribution in [1.29, 1.82) is 0 Å². The second-order valence-corrected chi connectivity index (χ2v) is 7.93. The minimum Gasteiger partial charge on any atom is -0.458 e. The average Bonchev–Trinajstić information content (AvgIpc) is 2.79. The first kappa shape index (κ1) is 22.0. The minimum atomic E-state index is -1.00. The Hall–Kier alpha value is -2.08. The van der Waals surface area contributed by atoms with Crippen LogP contribution in [0.2, 0.25) is 0 Å². The molecular weight excluding hydrogens is 350 g/mol. The second kappa shape index (κ2) is 10.8. The number of amides is 1. The predicted octanol–water partition coefficient (Wildman–Crippen LogP) is 3.83. The van der Waals surface area contributed by atoms with Gasteiger partial charge in [-0.3, -0.25) is 9.59 Å². The maximum absolute atomic E-state index is 12.4. The number of nitrogens with one attached hydrogen (secondary N) is 1. The van der Waals surface area contributed by atoms with Crippen molar-refractivity contribution in [2.45, 2.75) is 58.1 Å². The monoisotopic (exact) mass is 377 g/mol. The number of hydrogen-bond donors (Lipinski definition) is 1. The van der Waals surface area contributed by atoms with Crippen LogP contribution in [0.1, 0.15) is 46.5 Å². The maximum atomic E-state index is 12.4. The largest absolute Gasteiger partial charge is 0.458 e. The van der Waals surface area contributed by atoms with E-state index in [4.69, 9.17) is 4.74 Å². The highest BCUT2D eigenvalue weighted by Gasteiger charge is 2.29. The SMILES string of the molecule is C=CCCC(=O)N[C@@H](CC(=O)SC1=CC=CCC=C1)C(=O)OC(C)(C)C. The van der Waals surface area contributed by atoms with Crippen LogP contribution in [-0.4, -0.2) is 28.6 Å². The number of ether oxygens (including phenoxy) is 1. The Morgan fingerprint density at radius 1 is 1.35 bits per heavy atom. The molecule has 0 aromatic carbocycles. The van der Waals surface area contributed by atoms with Crippen LogP contribution in [0.3, 0.4) is 0 Å². The summed E-state index contributed by atoms with van der Waals surface area (Å²) in [5.74, 6) is -0.918. The van der Waals surface area contributed by atoms with Crippen molar-refractivity contribution in [3.8, 4) is 0 Å². The zero-order chi connectivity index (χ0) is 19.6. The summed E-state index contributed by atoms with van der Waals surface area (Å²) < 4.78 is 5.34. The zero-order valence-electron chi connectivity index (χ0n) is 15.6. The highest BCUT2D eigenvalue weighted by molar-refractivity contribution is 8.17. The molecule has 1 atom stereocenters. The van der Waals surface area contributed by atoms with Crippen LogP contribution in [0.25, 0.3) is 0 Å². The first-order valence-corrected chi connectivity index (χ1v) is 9.40. The zero-order valence-corrected chi connectivity index (χ0v) is 16.4. The number of esters is 1. The van der Waals surface area contributed by atoms with Crippen LogP contribution in [0.5, 0.6) is 0 Å². The van der Waals surface area contributed by atoms with Crippen molar-refractivity contribution in [1.82, 2.24) is 5.32 Å². The topological polar surface area (TPSA) is 72.5 Å². The Kier molecular flexibility index (Phi) is 9.13. The van der Waals surface area contributed by atoms with Crippen LogP contribution < -0.4 is 5.32 Å². The van der Waals surface area contributed by atoms with Gasteiger partial charge in [0.15, 0.2) is 5.12 Å². The summed E-state index contributed by atoms with van der Waals surface area (Å²) in [6.45, 7) is 8.79. The van der Waals surface area contributed by atoms with Crippen molar-refractivity contribution in [3.63, 3.8) is 0 Å². The fourth-order valence-corrected chi connectivity index (χ4v) is 2.86. The molecule has 0 saturated carbocycles. The lowest BCUT2D eigenvalue weighted by Gasteiger charge is -2.24. The first-order valence-electron chi connectivity index (χ1n) is 8.58. The fraction of sp³-hybridized carbons (Fsp3) is 0.450. The van der Waals surface area contributed by atoms with Gasteiger partial charge in [0.2, 0.25) is 5.91 Å². The van der Waals surface area contributed by atoms with Gasteiger partial charge in [-0.15, -0.1) is 6.58 Å². The number of allylic oxidation sites excluding steroid dienone is 6. The molecule has 1 rings (SSSR count). The Morgan fingerprint density at radius 2 is 2.08 bits per heavy atom. The molecule has 26 heavy (non-hydrogen) atoms. The smallest absolute Gasteiger partial charge is 0.329 e. The van der Waals surface area contributed by atoms with Gasteiger partial charge in [-0.2, -0.15) is 0 Å². The molecule has 6 heteroatoms. The van der Waals surface area contributed by atoms with E-state index < -0.39 is 17.6 Å². The van der Waals surface area contributed by atoms with E-state index in [1.807, 2.05) is 30.4 Å². The summed E-state index contributed by atoms with van der Waals surface area (Å²) >= 11 is 1.05. The van der Waals surface area contributed by atoms with Crippen molar-refractivity contribution < 1.29 is 19.1 Å². The number of hydrogen-bond acceptors (Lipinski definition) is 5. The van der Waals surface area contributed by atoms with Crippen LogP contribution in [0.15, 0.2) is 47.9 Å². The molecule has 1 aliphatic carbocycles. The number of rotatable bonds is 8. The van der Waals surface area contributed by atoms with Crippen LogP contribution in [0.4, 0.5) is 0 Å². The molecule has 0 bridgehead atoms. The van der Waals surface area contributed by atoms with E-state index in [-0.39, 0.29) is 23.9 Å². The van der Waals surface area contributed by atoms with E-state index in [2.05, 4.69) is 11.9 Å². The molecule has 0 aromatic heterocycles. The maximum Gasteiger partial charge on any atom is 0.329 e. The number of carbonyl (C=O) groups excluding carboxylic acids is 3. The molecular formula is C20H27NO4S. The second-order valence-electron chi connectivity index (χ2n) is 6.79. The lowest BCUT2D eigenvalue weighted by atomic mass is 10.1. The molecule has 0 spiro atoms. The summed E-state index contributed by atoms with van der Waals surface area (Å²) in [7, 11) is 0. The number of thioether (sulfide) groups is 1. The van der Waals surface area contributed by atoms with E-state index in [9.17, 15) is 14.4 Å². The molecule has 1 N–H and O–H groups in total. The molecule has 0 radical (unpaired) electrons. The molecule has 0 aliphatic heterocycles. The first-order chi connectivity index (χ1) is 12.2. The van der Waals surface area contributed by atoms with Gasteiger partial charge < -0.3 is 10.1 Å². The van der Waals surface area contributed by atoms with Crippen LogP contribution in [0, 0.1) is 0 Å². The van der Waals surface area contributed by atoms with Gasteiger partial charge in [-0.1, -0.05) is 42.1 Å². The van der Waals surface area contributed by atoms with Gasteiger partial charge in [-0.25, -0.2) is 4.79 Å². The van der Waals surface area contributed by atoms with Gasteiger partial charge >= 0.3 is 5.97 Å². The molecule has 0 aromatic rings. The lowest BCUT2D eigenvalue weighted by Crippen LogP contribution is -2.45. The summed E-state index contributed by atoms with van der Waals surface area (Å²) in [6.07, 6.45) is 12.6. The summed E-state index contributed by atoms with van der Waals surface area (Å²) in [5.41, 5.74) is -0.700. The third kappa shape index (κ3) is 9.42. The third-order valence-electron chi connectivity index (χ3n) is 3.16. The molecule has 1 amide bonds. The molecule has 0 unspecified atom stereocenters. The van der Waals surface area contributed by atoms with Gasteiger partial charge in [0, 0.05) is 17.7 Å². The average molecular weight is 378 g/mol. The molecule has 0 heterocycles. The summed E-state index contributed by atoms with van der Waals surface area (Å²) in [6, 6.07) is -1.00. The molecule has 5 nitrogen and oxygen atoms in total. The van der Waals surface area contributed by atoms with Gasteiger partial charge in [-0.05, 0) is 39.7 Å². The van der Waals surface area contributed by atoms with Gasteiger partial charge in [0.25, 0.3) is 0 Å². The van der Waals surface area contributed by atoms with E-state index in [0.29, 0.717) is 6.42 Å².